The third-order valence-electron chi connectivity index (χ3n) is 3.84. The molecule has 1 saturated carbocycles. The molecule has 1 aromatic rings. The average Bonchev–Trinajstić information content (AvgIpc) is 2.23. The fraction of sp³-hybridized carbons (Fsp3) is 0.625. The predicted molar refractivity (Wildman–Crippen MR) is 79.0 cm³/mol. The first-order chi connectivity index (χ1) is 8.87. The summed E-state index contributed by atoms with van der Waals surface area (Å²) in [5.74, 6) is -0.109. The van der Waals surface area contributed by atoms with E-state index in [4.69, 9.17) is 0 Å². The molecule has 2 rings (SSSR count). The van der Waals surface area contributed by atoms with E-state index in [1.54, 1.807) is 6.07 Å². The highest BCUT2D eigenvalue weighted by atomic mass is 19.1. The van der Waals surface area contributed by atoms with Crippen LogP contribution in [0.25, 0.3) is 0 Å². The molecular weight excluding hydrogens is 239 g/mol. The van der Waals surface area contributed by atoms with E-state index in [0.29, 0.717) is 12.6 Å². The molecule has 1 aliphatic rings. The van der Waals surface area contributed by atoms with E-state index in [1.807, 2.05) is 19.2 Å². The second-order valence-electron chi connectivity index (χ2n) is 6.58. The molecule has 1 fully saturated rings. The zero-order valence-electron chi connectivity index (χ0n) is 12.5. The first-order valence-electron chi connectivity index (χ1n) is 7.13. The zero-order valence-corrected chi connectivity index (χ0v) is 12.5. The van der Waals surface area contributed by atoms with E-state index in [1.165, 1.54) is 19.3 Å². The topological polar surface area (TPSA) is 15.3 Å². The van der Waals surface area contributed by atoms with Crippen molar-refractivity contribution >= 4 is 5.69 Å². The number of hydrogen-bond acceptors (Lipinski definition) is 2. The van der Waals surface area contributed by atoms with Gasteiger partial charge in [-0.3, -0.25) is 0 Å². The van der Waals surface area contributed by atoms with Crippen molar-refractivity contribution in [1.82, 2.24) is 5.32 Å². The number of benzene rings is 1. The van der Waals surface area contributed by atoms with Gasteiger partial charge in [0.15, 0.2) is 0 Å². The molecule has 3 heteroatoms. The Bertz CT molecular complexity index is 433. The summed E-state index contributed by atoms with van der Waals surface area (Å²) in [6.45, 7) is 7.04. The number of nitrogens with one attached hydrogen (secondary N) is 1. The molecule has 106 valence electrons. The van der Waals surface area contributed by atoms with Gasteiger partial charge in [-0.05, 0) is 57.7 Å². The minimum Gasteiger partial charge on any atom is -0.369 e. The molecule has 1 aliphatic carbocycles. The summed E-state index contributed by atoms with van der Waals surface area (Å²) in [4.78, 5) is 2.08. The van der Waals surface area contributed by atoms with Crippen molar-refractivity contribution in [3.63, 3.8) is 0 Å². The van der Waals surface area contributed by atoms with Crippen LogP contribution in [0, 0.1) is 5.82 Å². The maximum atomic E-state index is 14.2. The smallest absolute Gasteiger partial charge is 0.146 e. The van der Waals surface area contributed by atoms with Gasteiger partial charge < -0.3 is 10.2 Å². The molecule has 1 N–H and O–H groups in total. The molecule has 0 radical (unpaired) electrons. The Morgan fingerprint density at radius 1 is 1.32 bits per heavy atom. The van der Waals surface area contributed by atoms with Crippen molar-refractivity contribution in [3.05, 3.63) is 29.6 Å². The molecule has 0 aliphatic heterocycles. The lowest BCUT2D eigenvalue weighted by molar-refractivity contribution is 0.397. The second kappa shape index (κ2) is 5.49. The summed E-state index contributed by atoms with van der Waals surface area (Å²) in [5, 5.41) is 3.38. The van der Waals surface area contributed by atoms with E-state index in [0.717, 1.165) is 11.3 Å². The van der Waals surface area contributed by atoms with Crippen LogP contribution in [-0.4, -0.2) is 18.6 Å². The maximum absolute atomic E-state index is 14.2. The van der Waals surface area contributed by atoms with Crippen molar-refractivity contribution in [3.8, 4) is 0 Å². The van der Waals surface area contributed by atoms with Crippen LogP contribution in [0.3, 0.4) is 0 Å². The second-order valence-corrected chi connectivity index (χ2v) is 6.58. The number of anilines is 1. The van der Waals surface area contributed by atoms with Gasteiger partial charge in [-0.15, -0.1) is 0 Å². The van der Waals surface area contributed by atoms with E-state index < -0.39 is 0 Å². The Hall–Kier alpha value is -1.09. The number of nitrogens with zero attached hydrogens (tertiary/aromatic N) is 1. The van der Waals surface area contributed by atoms with Gasteiger partial charge in [0.1, 0.15) is 5.82 Å². The summed E-state index contributed by atoms with van der Waals surface area (Å²) in [7, 11) is 2.00. The minimum atomic E-state index is -0.109. The van der Waals surface area contributed by atoms with Crippen LogP contribution in [-0.2, 0) is 6.54 Å². The van der Waals surface area contributed by atoms with Crippen LogP contribution < -0.4 is 10.2 Å². The van der Waals surface area contributed by atoms with Crippen LogP contribution in [0.15, 0.2) is 18.2 Å². The molecular formula is C16H25FN2. The highest BCUT2D eigenvalue weighted by Gasteiger charge is 2.24. The van der Waals surface area contributed by atoms with E-state index >= 15 is 0 Å². The van der Waals surface area contributed by atoms with Crippen molar-refractivity contribution < 1.29 is 4.39 Å². The molecule has 1 aromatic carbocycles. The van der Waals surface area contributed by atoms with Gasteiger partial charge in [-0.1, -0.05) is 6.07 Å². The average molecular weight is 264 g/mol. The zero-order chi connectivity index (χ0) is 14.0. The van der Waals surface area contributed by atoms with Crippen molar-refractivity contribution in [2.45, 2.75) is 58.2 Å². The Morgan fingerprint density at radius 3 is 2.47 bits per heavy atom. The van der Waals surface area contributed by atoms with Gasteiger partial charge in [0.05, 0.1) is 5.69 Å². The van der Waals surface area contributed by atoms with Crippen molar-refractivity contribution in [1.29, 1.82) is 0 Å². The van der Waals surface area contributed by atoms with E-state index in [-0.39, 0.29) is 11.4 Å². The van der Waals surface area contributed by atoms with Gasteiger partial charge in [-0.2, -0.15) is 0 Å². The number of rotatable bonds is 4. The molecule has 19 heavy (non-hydrogen) atoms. The lowest BCUT2D eigenvalue weighted by Crippen LogP contribution is -2.37. The lowest BCUT2D eigenvalue weighted by Gasteiger charge is -2.36. The monoisotopic (exact) mass is 264 g/mol. The highest BCUT2D eigenvalue weighted by molar-refractivity contribution is 5.49. The summed E-state index contributed by atoms with van der Waals surface area (Å²) in [6, 6.07) is 6.11. The fourth-order valence-corrected chi connectivity index (χ4v) is 2.28. The van der Waals surface area contributed by atoms with Crippen LogP contribution in [0.2, 0.25) is 0 Å². The quantitative estimate of drug-likeness (QED) is 0.892. The molecule has 0 heterocycles. The molecule has 0 atom stereocenters. The van der Waals surface area contributed by atoms with Gasteiger partial charge in [0.2, 0.25) is 0 Å². The Morgan fingerprint density at radius 2 is 2.00 bits per heavy atom. The SMILES string of the molecule is CN(c1ccc(CNC(C)(C)C)cc1F)C1CCC1. The van der Waals surface area contributed by atoms with Gasteiger partial charge in [-0.25, -0.2) is 4.39 Å². The molecule has 0 spiro atoms. The third-order valence-corrected chi connectivity index (χ3v) is 3.84. The Kier molecular flexibility index (Phi) is 4.14. The molecule has 0 saturated heterocycles. The highest BCUT2D eigenvalue weighted by Crippen LogP contribution is 2.30. The minimum absolute atomic E-state index is 0.0534. The van der Waals surface area contributed by atoms with Gasteiger partial charge in [0.25, 0.3) is 0 Å². The summed E-state index contributed by atoms with van der Waals surface area (Å²) in [5.41, 5.74) is 1.78. The predicted octanol–water partition coefficient (Wildman–Crippen LogP) is 3.70. The summed E-state index contributed by atoms with van der Waals surface area (Å²) in [6.07, 6.45) is 3.64. The van der Waals surface area contributed by atoms with E-state index in [9.17, 15) is 4.39 Å². The Labute approximate surface area is 116 Å². The van der Waals surface area contributed by atoms with Crippen molar-refractivity contribution in [2.75, 3.05) is 11.9 Å². The number of hydrogen-bond donors (Lipinski definition) is 1. The van der Waals surface area contributed by atoms with Crippen molar-refractivity contribution in [2.24, 2.45) is 0 Å². The Balaban J connectivity index is 2.04. The largest absolute Gasteiger partial charge is 0.369 e. The van der Waals surface area contributed by atoms with Crippen LogP contribution in [0.1, 0.15) is 45.6 Å². The lowest BCUT2D eigenvalue weighted by atomic mass is 9.91. The van der Waals surface area contributed by atoms with Gasteiger partial charge in [0, 0.05) is 25.2 Å². The standard InChI is InChI=1S/C16H25FN2/c1-16(2,3)18-11-12-8-9-15(14(17)10-12)19(4)13-6-5-7-13/h8-10,13,18H,5-7,11H2,1-4H3. The maximum Gasteiger partial charge on any atom is 0.146 e. The van der Waals surface area contributed by atoms with Crippen LogP contribution in [0.4, 0.5) is 10.1 Å². The first-order valence-corrected chi connectivity index (χ1v) is 7.13. The molecule has 2 nitrogen and oxygen atoms in total. The first kappa shape index (κ1) is 14.3. The third kappa shape index (κ3) is 3.69. The number of halogens is 1. The summed E-state index contributed by atoms with van der Waals surface area (Å²) >= 11 is 0. The van der Waals surface area contributed by atoms with E-state index in [2.05, 4.69) is 31.0 Å². The molecule has 0 aromatic heterocycles. The fourth-order valence-electron chi connectivity index (χ4n) is 2.28. The molecule has 0 unspecified atom stereocenters. The molecule has 0 amide bonds. The van der Waals surface area contributed by atoms with Gasteiger partial charge >= 0.3 is 0 Å². The summed E-state index contributed by atoms with van der Waals surface area (Å²) < 4.78 is 14.2. The molecule has 0 bridgehead atoms. The van der Waals surface area contributed by atoms with Crippen LogP contribution in [0.5, 0.6) is 0 Å². The normalized spacial score (nSPS) is 16.3. The van der Waals surface area contributed by atoms with Crippen LogP contribution >= 0.6 is 0 Å².